The van der Waals surface area contributed by atoms with Gasteiger partial charge < -0.3 is 20.3 Å². The summed E-state index contributed by atoms with van der Waals surface area (Å²) in [7, 11) is 1.74. The van der Waals surface area contributed by atoms with Crippen molar-refractivity contribution in [2.24, 2.45) is 7.05 Å². The number of nitrogens with one attached hydrogen (secondary N) is 1. The first-order valence-corrected chi connectivity index (χ1v) is 6.29. The number of carbonyl (C=O) groups is 1. The van der Waals surface area contributed by atoms with Crippen molar-refractivity contribution in [2.45, 2.75) is 19.6 Å². The van der Waals surface area contributed by atoms with E-state index in [9.17, 15) is 15.0 Å². The van der Waals surface area contributed by atoms with Gasteiger partial charge in [-0.2, -0.15) is 5.10 Å². The van der Waals surface area contributed by atoms with Gasteiger partial charge in [-0.15, -0.1) is 0 Å². The summed E-state index contributed by atoms with van der Waals surface area (Å²) in [4.78, 5) is 12.1. The lowest BCUT2D eigenvalue weighted by atomic mass is 10.2. The second kappa shape index (κ2) is 5.45. The van der Waals surface area contributed by atoms with Gasteiger partial charge in [0.25, 0.3) is 5.91 Å². The van der Waals surface area contributed by atoms with Crippen LogP contribution in [-0.2, 0) is 7.05 Å². The van der Waals surface area contributed by atoms with E-state index in [-0.39, 0.29) is 17.1 Å². The number of hydrogen-bond acceptors (Lipinski definition) is 5. The lowest BCUT2D eigenvalue weighted by Crippen LogP contribution is -2.27. The Labute approximate surface area is 121 Å². The van der Waals surface area contributed by atoms with Crippen molar-refractivity contribution in [3.05, 3.63) is 36.0 Å². The number of aliphatic hydroxyl groups is 1. The number of anilines is 1. The van der Waals surface area contributed by atoms with E-state index in [2.05, 4.69) is 10.4 Å². The molecule has 2 rings (SSSR count). The van der Waals surface area contributed by atoms with Gasteiger partial charge in [-0.05, 0) is 12.1 Å². The third-order valence-electron chi connectivity index (χ3n) is 2.48. The van der Waals surface area contributed by atoms with Gasteiger partial charge in [-0.3, -0.25) is 9.48 Å². The molecule has 0 spiro atoms. The van der Waals surface area contributed by atoms with Crippen LogP contribution in [0.15, 0.2) is 30.5 Å². The van der Waals surface area contributed by atoms with Crippen LogP contribution in [0.2, 0.25) is 0 Å². The minimum absolute atomic E-state index is 0.136. The van der Waals surface area contributed by atoms with E-state index < -0.39 is 11.7 Å². The van der Waals surface area contributed by atoms with Crippen molar-refractivity contribution in [1.82, 2.24) is 9.78 Å². The first-order chi connectivity index (χ1) is 9.73. The zero-order chi connectivity index (χ0) is 15.6. The summed E-state index contributed by atoms with van der Waals surface area (Å²) in [5.74, 6) is -1.40. The van der Waals surface area contributed by atoms with Gasteiger partial charge in [0.05, 0.1) is 0 Å². The molecule has 7 nitrogen and oxygen atoms in total. The second-order valence-electron chi connectivity index (χ2n) is 5.09. The van der Waals surface area contributed by atoms with Crippen LogP contribution in [0.25, 0.3) is 0 Å². The van der Waals surface area contributed by atoms with Gasteiger partial charge in [-0.25, -0.2) is 0 Å². The second-order valence-corrected chi connectivity index (χ2v) is 5.09. The molecule has 0 fully saturated rings. The van der Waals surface area contributed by atoms with Crippen LogP contribution in [0, 0.1) is 0 Å². The molecule has 0 aliphatic heterocycles. The molecule has 1 amide bonds. The monoisotopic (exact) mass is 291 g/mol. The third-order valence-corrected chi connectivity index (χ3v) is 2.48. The molecule has 2 aromatic rings. The Hall–Kier alpha value is -2.54. The molecule has 0 bridgehead atoms. The maximum Gasteiger partial charge on any atom is 0.257 e. The Morgan fingerprint density at radius 2 is 2.10 bits per heavy atom. The van der Waals surface area contributed by atoms with Gasteiger partial charge in [-0.1, -0.05) is 0 Å². The average molecular weight is 291 g/mol. The number of rotatable bonds is 4. The van der Waals surface area contributed by atoms with E-state index in [1.807, 2.05) is 0 Å². The summed E-state index contributed by atoms with van der Waals surface area (Å²) in [5, 5.41) is 25.9. The summed E-state index contributed by atoms with van der Waals surface area (Å²) in [6, 6.07) is 5.69. The van der Waals surface area contributed by atoms with Gasteiger partial charge in [0, 0.05) is 44.8 Å². The van der Waals surface area contributed by atoms with E-state index in [0.717, 1.165) is 0 Å². The number of aryl methyl sites for hydroxylation is 1. The number of aromatic nitrogens is 2. The molecular weight excluding hydrogens is 274 g/mol. The molecule has 0 aliphatic rings. The maximum absolute atomic E-state index is 12.1. The maximum atomic E-state index is 12.1. The Morgan fingerprint density at radius 3 is 2.67 bits per heavy atom. The fourth-order valence-electron chi connectivity index (χ4n) is 1.73. The zero-order valence-electron chi connectivity index (χ0n) is 12.0. The molecule has 0 saturated carbocycles. The summed E-state index contributed by atoms with van der Waals surface area (Å²) in [5.41, 5.74) is 0.194. The number of carbonyl (C=O) groups excluding carboxylic acids is 1. The number of phenols is 1. The molecule has 21 heavy (non-hydrogen) atoms. The highest BCUT2D eigenvalue weighted by Crippen LogP contribution is 2.25. The molecule has 7 heteroatoms. The average Bonchev–Trinajstić information content (AvgIpc) is 2.71. The van der Waals surface area contributed by atoms with E-state index in [0.29, 0.717) is 5.82 Å². The predicted octanol–water partition coefficient (Wildman–Crippen LogP) is 1.49. The van der Waals surface area contributed by atoms with Crippen LogP contribution in [0.1, 0.15) is 24.2 Å². The predicted molar refractivity (Wildman–Crippen MR) is 76.2 cm³/mol. The smallest absolute Gasteiger partial charge is 0.257 e. The first kappa shape index (κ1) is 14.9. The van der Waals surface area contributed by atoms with Crippen LogP contribution in [0.5, 0.6) is 11.5 Å². The van der Waals surface area contributed by atoms with Crippen molar-refractivity contribution in [1.29, 1.82) is 0 Å². The van der Waals surface area contributed by atoms with Crippen LogP contribution in [-0.4, -0.2) is 31.7 Å². The Bertz CT molecular complexity index is 658. The molecule has 1 heterocycles. The standard InChI is InChI=1S/C14H17N3O4/c1-14(2,20)21-11-7-9(6-10(18)8-11)13(19)15-12-4-5-17(3)16-12/h4-8,18,20H,1-3H3,(H,15,16,19). The number of phenolic OH excluding ortho intramolecular Hbond substituents is 1. The lowest BCUT2D eigenvalue weighted by Gasteiger charge is -2.20. The molecule has 0 saturated heterocycles. The Balaban J connectivity index is 2.20. The molecule has 0 atom stereocenters. The number of amides is 1. The third kappa shape index (κ3) is 4.22. The summed E-state index contributed by atoms with van der Waals surface area (Å²) < 4.78 is 6.78. The summed E-state index contributed by atoms with van der Waals surface area (Å²) in [6.45, 7) is 2.90. The number of benzene rings is 1. The van der Waals surface area contributed by atoms with E-state index >= 15 is 0 Å². The number of hydrogen-bond donors (Lipinski definition) is 3. The van der Waals surface area contributed by atoms with Gasteiger partial charge >= 0.3 is 0 Å². The van der Waals surface area contributed by atoms with E-state index in [1.165, 1.54) is 32.0 Å². The SMILES string of the molecule is Cn1ccc(NC(=O)c2cc(O)cc(OC(C)(C)O)c2)n1. The van der Waals surface area contributed by atoms with Crippen molar-refractivity contribution in [3.8, 4) is 11.5 Å². The lowest BCUT2D eigenvalue weighted by molar-refractivity contribution is -0.104. The van der Waals surface area contributed by atoms with Crippen LogP contribution in [0.3, 0.4) is 0 Å². The normalized spacial score (nSPS) is 11.2. The number of nitrogens with zero attached hydrogens (tertiary/aromatic N) is 2. The molecule has 0 unspecified atom stereocenters. The van der Waals surface area contributed by atoms with Crippen LogP contribution < -0.4 is 10.1 Å². The minimum atomic E-state index is -1.41. The summed E-state index contributed by atoms with van der Waals surface area (Å²) >= 11 is 0. The zero-order valence-corrected chi connectivity index (χ0v) is 12.0. The molecular formula is C14H17N3O4. The van der Waals surface area contributed by atoms with Gasteiger partial charge in [0.2, 0.25) is 5.79 Å². The van der Waals surface area contributed by atoms with Crippen molar-refractivity contribution >= 4 is 11.7 Å². The van der Waals surface area contributed by atoms with Crippen molar-refractivity contribution in [3.63, 3.8) is 0 Å². The van der Waals surface area contributed by atoms with Crippen molar-refractivity contribution in [2.75, 3.05) is 5.32 Å². The van der Waals surface area contributed by atoms with E-state index in [1.54, 1.807) is 24.0 Å². The quantitative estimate of drug-likeness (QED) is 0.741. The van der Waals surface area contributed by atoms with Gasteiger partial charge in [0.15, 0.2) is 5.82 Å². The molecule has 3 N–H and O–H groups in total. The number of aromatic hydroxyl groups is 1. The van der Waals surface area contributed by atoms with Crippen LogP contribution >= 0.6 is 0 Å². The molecule has 1 aromatic heterocycles. The topological polar surface area (TPSA) is 96.6 Å². The highest BCUT2D eigenvalue weighted by atomic mass is 16.6. The summed E-state index contributed by atoms with van der Waals surface area (Å²) in [6.07, 6.45) is 1.70. The highest BCUT2D eigenvalue weighted by Gasteiger charge is 2.17. The Morgan fingerprint density at radius 1 is 1.38 bits per heavy atom. The fraction of sp³-hybridized carbons (Fsp3) is 0.286. The van der Waals surface area contributed by atoms with Crippen molar-refractivity contribution < 1.29 is 19.7 Å². The first-order valence-electron chi connectivity index (χ1n) is 6.29. The van der Waals surface area contributed by atoms with Crippen LogP contribution in [0.4, 0.5) is 5.82 Å². The minimum Gasteiger partial charge on any atom is -0.508 e. The molecule has 112 valence electrons. The largest absolute Gasteiger partial charge is 0.508 e. The fourth-order valence-corrected chi connectivity index (χ4v) is 1.73. The highest BCUT2D eigenvalue weighted by molar-refractivity contribution is 6.04. The Kier molecular flexibility index (Phi) is 3.86. The molecule has 0 radical (unpaired) electrons. The number of ether oxygens (including phenoxy) is 1. The van der Waals surface area contributed by atoms with E-state index in [4.69, 9.17) is 4.74 Å². The van der Waals surface area contributed by atoms with Gasteiger partial charge in [0.1, 0.15) is 11.5 Å². The molecule has 1 aromatic carbocycles. The molecule has 0 aliphatic carbocycles.